The maximum absolute atomic E-state index is 12.2. The third kappa shape index (κ3) is 6.45. The highest BCUT2D eigenvalue weighted by atomic mass is 19.4. The highest BCUT2D eigenvalue weighted by molar-refractivity contribution is 5.94. The molecule has 0 fully saturated rings. The number of hydrogen-bond acceptors (Lipinski definition) is 2. The van der Waals surface area contributed by atoms with Crippen molar-refractivity contribution in [1.29, 1.82) is 0 Å². The molecule has 0 unspecified atom stereocenters. The van der Waals surface area contributed by atoms with Gasteiger partial charge < -0.3 is 10.6 Å². The van der Waals surface area contributed by atoms with E-state index in [9.17, 15) is 18.0 Å². The fraction of sp³-hybridized carbons (Fsp3) is 0.500. The number of anilines is 2. The van der Waals surface area contributed by atoms with E-state index in [0.717, 1.165) is 6.42 Å². The van der Waals surface area contributed by atoms with Crippen molar-refractivity contribution >= 4 is 17.3 Å². The predicted molar refractivity (Wildman–Crippen MR) is 73.7 cm³/mol. The second-order valence-corrected chi connectivity index (χ2v) is 5.00. The number of nitrogens with one attached hydrogen (secondary N) is 2. The number of alkyl halides is 3. The zero-order valence-corrected chi connectivity index (χ0v) is 11.6. The minimum Gasteiger partial charge on any atom is -0.375 e. The van der Waals surface area contributed by atoms with Gasteiger partial charge in [0.15, 0.2) is 0 Å². The van der Waals surface area contributed by atoms with Crippen LogP contribution < -0.4 is 10.6 Å². The van der Waals surface area contributed by atoms with Gasteiger partial charge in [0.2, 0.25) is 5.91 Å². The average molecular weight is 288 g/mol. The second kappa shape index (κ2) is 7.17. The molecule has 2 N–H and O–H groups in total. The van der Waals surface area contributed by atoms with Crippen LogP contribution in [0.15, 0.2) is 24.3 Å². The zero-order valence-electron chi connectivity index (χ0n) is 11.6. The smallest absolute Gasteiger partial charge is 0.375 e. The van der Waals surface area contributed by atoms with E-state index in [-0.39, 0.29) is 11.6 Å². The Labute approximate surface area is 116 Å². The minimum absolute atomic E-state index is 0.194. The van der Waals surface area contributed by atoms with Crippen LogP contribution in [0.3, 0.4) is 0 Å². The lowest BCUT2D eigenvalue weighted by molar-refractivity contribution is -0.116. The Morgan fingerprint density at radius 3 is 2.35 bits per heavy atom. The van der Waals surface area contributed by atoms with E-state index in [2.05, 4.69) is 10.6 Å². The van der Waals surface area contributed by atoms with Gasteiger partial charge in [0.25, 0.3) is 0 Å². The lowest BCUT2D eigenvalue weighted by Crippen LogP contribution is -2.22. The minimum atomic E-state index is -4.30. The summed E-state index contributed by atoms with van der Waals surface area (Å²) >= 11 is 0. The largest absolute Gasteiger partial charge is 0.405 e. The fourth-order valence-electron chi connectivity index (χ4n) is 1.57. The first kappa shape index (κ1) is 16.3. The maximum atomic E-state index is 12.2. The Morgan fingerprint density at radius 2 is 1.80 bits per heavy atom. The standard InChI is InChI=1S/C14H19F3N2O/c1-10(2)7-8-13(20)19-12-6-4-3-5-11(12)18-9-14(15,16)17/h3-6,10,18H,7-9H2,1-2H3,(H,19,20). The van der Waals surface area contributed by atoms with E-state index in [1.54, 1.807) is 18.2 Å². The monoisotopic (exact) mass is 288 g/mol. The summed E-state index contributed by atoms with van der Waals surface area (Å²) in [7, 11) is 0. The molecule has 0 aromatic heterocycles. The van der Waals surface area contributed by atoms with E-state index < -0.39 is 12.7 Å². The van der Waals surface area contributed by atoms with Gasteiger partial charge in [-0.05, 0) is 24.5 Å². The molecular weight excluding hydrogens is 269 g/mol. The number of hydrogen-bond donors (Lipinski definition) is 2. The Morgan fingerprint density at radius 1 is 1.20 bits per heavy atom. The summed E-state index contributed by atoms with van der Waals surface area (Å²) in [5.41, 5.74) is 0.633. The molecular formula is C14H19F3N2O. The van der Waals surface area contributed by atoms with Gasteiger partial charge in [-0.3, -0.25) is 4.79 Å². The van der Waals surface area contributed by atoms with Crippen LogP contribution in [0.2, 0.25) is 0 Å². The number of para-hydroxylation sites is 2. The summed E-state index contributed by atoms with van der Waals surface area (Å²) in [6.07, 6.45) is -3.20. The number of carbonyl (C=O) groups excluding carboxylic acids is 1. The van der Waals surface area contributed by atoms with Gasteiger partial charge in [-0.1, -0.05) is 26.0 Å². The summed E-state index contributed by atoms with van der Waals surface area (Å²) in [6, 6.07) is 6.36. The van der Waals surface area contributed by atoms with Gasteiger partial charge in [-0.2, -0.15) is 13.2 Å². The number of rotatable bonds is 6. The molecule has 0 bridgehead atoms. The number of carbonyl (C=O) groups is 1. The first-order valence-electron chi connectivity index (χ1n) is 6.47. The predicted octanol–water partition coefficient (Wildman–Crippen LogP) is 4.04. The number of amides is 1. The Balaban J connectivity index is 2.63. The van der Waals surface area contributed by atoms with Crippen molar-refractivity contribution < 1.29 is 18.0 Å². The van der Waals surface area contributed by atoms with E-state index in [4.69, 9.17) is 0 Å². The van der Waals surface area contributed by atoms with Crippen molar-refractivity contribution in [1.82, 2.24) is 0 Å². The van der Waals surface area contributed by atoms with Gasteiger partial charge in [0.1, 0.15) is 6.54 Å². The summed E-state index contributed by atoms with van der Waals surface area (Å²) in [6.45, 7) is 2.88. The molecule has 3 nitrogen and oxygen atoms in total. The molecule has 112 valence electrons. The van der Waals surface area contributed by atoms with E-state index in [1.165, 1.54) is 6.07 Å². The lowest BCUT2D eigenvalue weighted by atomic mass is 10.1. The fourth-order valence-corrected chi connectivity index (χ4v) is 1.57. The van der Waals surface area contributed by atoms with Gasteiger partial charge in [0, 0.05) is 6.42 Å². The molecule has 0 heterocycles. The first-order chi connectivity index (χ1) is 9.28. The molecule has 0 aliphatic heterocycles. The summed E-state index contributed by atoms with van der Waals surface area (Å²) in [5, 5.41) is 4.92. The Bertz CT molecular complexity index is 444. The third-order valence-corrected chi connectivity index (χ3v) is 2.63. The molecule has 0 aliphatic carbocycles. The van der Waals surface area contributed by atoms with Crippen molar-refractivity contribution in [3.05, 3.63) is 24.3 Å². The van der Waals surface area contributed by atoms with Crippen LogP contribution in [0, 0.1) is 5.92 Å². The molecule has 0 atom stereocenters. The SMILES string of the molecule is CC(C)CCC(=O)Nc1ccccc1NCC(F)(F)F. The van der Waals surface area contributed by atoms with Crippen LogP contribution in [0.25, 0.3) is 0 Å². The summed E-state index contributed by atoms with van der Waals surface area (Å²) < 4.78 is 36.6. The maximum Gasteiger partial charge on any atom is 0.405 e. The molecule has 0 aliphatic rings. The van der Waals surface area contributed by atoms with Crippen LogP contribution in [0.4, 0.5) is 24.5 Å². The van der Waals surface area contributed by atoms with Gasteiger partial charge in [-0.15, -0.1) is 0 Å². The molecule has 1 rings (SSSR count). The van der Waals surface area contributed by atoms with Crippen LogP contribution in [0.5, 0.6) is 0 Å². The highest BCUT2D eigenvalue weighted by Gasteiger charge is 2.26. The van der Waals surface area contributed by atoms with Gasteiger partial charge in [-0.25, -0.2) is 0 Å². The van der Waals surface area contributed by atoms with E-state index >= 15 is 0 Å². The second-order valence-electron chi connectivity index (χ2n) is 5.00. The van der Waals surface area contributed by atoms with Crippen molar-refractivity contribution in [2.75, 3.05) is 17.2 Å². The normalized spacial score (nSPS) is 11.5. The van der Waals surface area contributed by atoms with Crippen LogP contribution in [-0.4, -0.2) is 18.6 Å². The molecule has 1 aromatic carbocycles. The molecule has 0 saturated heterocycles. The van der Waals surface area contributed by atoms with Crippen molar-refractivity contribution in [2.45, 2.75) is 32.9 Å². The zero-order chi connectivity index (χ0) is 15.2. The number of halogens is 3. The number of benzene rings is 1. The quantitative estimate of drug-likeness (QED) is 0.829. The van der Waals surface area contributed by atoms with E-state index in [0.29, 0.717) is 18.0 Å². The van der Waals surface area contributed by atoms with Crippen molar-refractivity contribution in [3.63, 3.8) is 0 Å². The average Bonchev–Trinajstić information content (AvgIpc) is 2.34. The van der Waals surface area contributed by atoms with Gasteiger partial charge in [0.05, 0.1) is 11.4 Å². The summed E-state index contributed by atoms with van der Waals surface area (Å²) in [5.74, 6) is 0.208. The molecule has 20 heavy (non-hydrogen) atoms. The van der Waals surface area contributed by atoms with Crippen LogP contribution in [0.1, 0.15) is 26.7 Å². The van der Waals surface area contributed by atoms with Crippen molar-refractivity contribution in [2.24, 2.45) is 5.92 Å². The first-order valence-corrected chi connectivity index (χ1v) is 6.47. The molecule has 0 spiro atoms. The van der Waals surface area contributed by atoms with E-state index in [1.807, 2.05) is 13.8 Å². The molecule has 0 saturated carbocycles. The Hall–Kier alpha value is -1.72. The van der Waals surface area contributed by atoms with Crippen LogP contribution >= 0.6 is 0 Å². The summed E-state index contributed by atoms with van der Waals surface area (Å²) in [4.78, 5) is 11.7. The lowest BCUT2D eigenvalue weighted by Gasteiger charge is -2.14. The molecule has 1 aromatic rings. The topological polar surface area (TPSA) is 41.1 Å². The third-order valence-electron chi connectivity index (χ3n) is 2.63. The van der Waals surface area contributed by atoms with Crippen LogP contribution in [-0.2, 0) is 4.79 Å². The molecule has 1 amide bonds. The molecule has 6 heteroatoms. The molecule has 0 radical (unpaired) electrons. The van der Waals surface area contributed by atoms with Crippen molar-refractivity contribution in [3.8, 4) is 0 Å². The Kier molecular flexibility index (Phi) is 5.85. The van der Waals surface area contributed by atoms with Gasteiger partial charge >= 0.3 is 6.18 Å². The highest BCUT2D eigenvalue weighted by Crippen LogP contribution is 2.24.